The van der Waals surface area contributed by atoms with Crippen LogP contribution < -0.4 is 21.9 Å². The molecule has 0 heterocycles. The summed E-state index contributed by atoms with van der Waals surface area (Å²) in [5.74, 6) is -70.9. The van der Waals surface area contributed by atoms with Crippen molar-refractivity contribution in [2.24, 2.45) is 0 Å². The van der Waals surface area contributed by atoms with Gasteiger partial charge in [0.25, 0.3) is 0 Å². The standard InChI is InChI=1S/C24BF20.C15H14Cl3OS/c26-5-1(6(27)14(35)21(42)13(5)34)25(2-7(28)15(36)22(43)16(37)8(2)29,3-9(30)17(38)23(44)18(39)10(3)31)4-11(32)19(40)24(45)20(41)12(4)33;1-20(19,14-5-3-2-4-6-14)11-12-7-9-13(10-8-12)15(16,17)18/h;2-10H,11H2,1H3/q-1;+1. The van der Waals surface area contributed by atoms with Crippen LogP contribution in [0.3, 0.4) is 0 Å². The SMILES string of the molecule is C[S+](=O)(Cc1ccc(C(Cl)(Cl)Cl)cc1)c1ccccc1.Fc1c(F)c(F)c([B-](c2c(F)c(F)c(F)c(F)c2F)(c2c(F)c(F)c(F)c(F)c2F)c2c(F)c(F)c(F)c(F)c2F)c(F)c1F. The van der Waals surface area contributed by atoms with Gasteiger partial charge in [0.2, 0.25) is 3.79 Å². The van der Waals surface area contributed by atoms with E-state index >= 15 is 35.1 Å². The molecule has 0 saturated heterocycles. The first-order valence-electron chi connectivity index (χ1n) is 16.9. The molecule has 0 aliphatic heterocycles. The highest BCUT2D eigenvalue weighted by atomic mass is 35.6. The smallest absolute Gasteiger partial charge is 0.207 e. The Morgan fingerprint density at radius 3 is 0.846 bits per heavy atom. The Labute approximate surface area is 366 Å². The molecular formula is C39H14BCl3F20OS. The van der Waals surface area contributed by atoms with Gasteiger partial charge in [0.15, 0.2) is 74.7 Å². The van der Waals surface area contributed by atoms with E-state index < -0.39 is 158 Å². The maximum Gasteiger partial charge on any atom is 0.216 e. The zero-order valence-electron chi connectivity index (χ0n) is 31.0. The molecule has 0 radical (unpaired) electrons. The first-order valence-corrected chi connectivity index (χ1v) is 20.2. The Balaban J connectivity index is 0.000000330. The zero-order chi connectivity index (χ0) is 49.2. The molecule has 6 rings (SSSR count). The van der Waals surface area contributed by atoms with Crippen LogP contribution in [0.2, 0.25) is 0 Å². The van der Waals surface area contributed by atoms with Gasteiger partial charge in [0.1, 0.15) is 74.6 Å². The van der Waals surface area contributed by atoms with Crippen molar-refractivity contribution in [3.05, 3.63) is 182 Å². The van der Waals surface area contributed by atoms with Gasteiger partial charge in [-0.3, -0.25) is 0 Å². The lowest BCUT2D eigenvalue weighted by molar-refractivity contribution is 0.378. The summed E-state index contributed by atoms with van der Waals surface area (Å²) in [6, 6.07) is 16.7. The highest BCUT2D eigenvalue weighted by Gasteiger charge is 2.52. The van der Waals surface area contributed by atoms with Crippen LogP contribution in [0.5, 0.6) is 0 Å². The van der Waals surface area contributed by atoms with E-state index in [9.17, 15) is 56.9 Å². The average molecular weight is 1030 g/mol. The molecule has 1 nitrogen and oxygen atoms in total. The fraction of sp³-hybridized carbons (Fsp3) is 0.0769. The highest BCUT2D eigenvalue weighted by molar-refractivity contribution is 8.01. The molecule has 0 aliphatic rings. The Hall–Kier alpha value is -5.00. The molecule has 26 heteroatoms. The third kappa shape index (κ3) is 8.52. The van der Waals surface area contributed by atoms with Crippen molar-refractivity contribution in [1.82, 2.24) is 0 Å². The maximum atomic E-state index is 15.4. The number of hydrogen-bond acceptors (Lipinski definition) is 1. The van der Waals surface area contributed by atoms with Crippen molar-refractivity contribution in [2.75, 3.05) is 6.26 Å². The number of rotatable bonds is 7. The molecule has 0 aromatic heterocycles. The fourth-order valence-corrected chi connectivity index (χ4v) is 8.88. The lowest BCUT2D eigenvalue weighted by atomic mass is 9.12. The van der Waals surface area contributed by atoms with Gasteiger partial charge in [-0.25, -0.2) is 87.8 Å². The molecule has 0 aliphatic carbocycles. The largest absolute Gasteiger partial charge is 0.216 e. The van der Waals surface area contributed by atoms with Crippen LogP contribution in [-0.2, 0) is 23.7 Å². The summed E-state index contributed by atoms with van der Waals surface area (Å²) in [6.07, 6.45) is -5.45. The fourth-order valence-electron chi connectivity index (χ4n) is 6.77. The molecule has 0 bridgehead atoms. The van der Waals surface area contributed by atoms with Crippen molar-refractivity contribution in [3.63, 3.8) is 0 Å². The molecule has 0 saturated carbocycles. The van der Waals surface area contributed by atoms with Crippen LogP contribution in [0.1, 0.15) is 11.1 Å². The van der Waals surface area contributed by atoms with Crippen molar-refractivity contribution >= 4 is 72.7 Å². The third-order valence-corrected chi connectivity index (χ3v) is 12.5. The number of benzene rings is 6. The molecule has 346 valence electrons. The van der Waals surface area contributed by atoms with E-state index in [1.165, 1.54) is 0 Å². The molecule has 0 fully saturated rings. The normalized spacial score (nSPS) is 12.9. The Bertz CT molecular complexity index is 2550. The van der Waals surface area contributed by atoms with Gasteiger partial charge in [-0.05, 0) is 12.1 Å². The maximum absolute atomic E-state index is 15.4. The topological polar surface area (TPSA) is 17.1 Å². The second-order valence-corrected chi connectivity index (χ2v) is 18.5. The van der Waals surface area contributed by atoms with E-state index in [2.05, 4.69) is 0 Å². The summed E-state index contributed by atoms with van der Waals surface area (Å²) in [7, 11) is -2.11. The lowest BCUT2D eigenvalue weighted by Crippen LogP contribution is -2.81. The van der Waals surface area contributed by atoms with Crippen LogP contribution in [0.4, 0.5) is 87.8 Å². The second kappa shape index (κ2) is 18.4. The van der Waals surface area contributed by atoms with Crippen molar-refractivity contribution < 1.29 is 92.0 Å². The van der Waals surface area contributed by atoms with E-state index in [0.717, 1.165) is 10.5 Å². The average Bonchev–Trinajstić information content (AvgIpc) is 3.26. The van der Waals surface area contributed by atoms with Crippen LogP contribution in [-0.4, -0.2) is 12.4 Å². The van der Waals surface area contributed by atoms with Gasteiger partial charge in [-0.1, -0.05) is 81.5 Å². The van der Waals surface area contributed by atoms with Crippen LogP contribution in [0, 0.1) is 116 Å². The zero-order valence-corrected chi connectivity index (χ0v) is 34.1. The van der Waals surface area contributed by atoms with Gasteiger partial charge < -0.3 is 0 Å². The molecule has 0 amide bonds. The van der Waals surface area contributed by atoms with E-state index in [1.54, 1.807) is 18.4 Å². The number of alkyl halides is 3. The summed E-state index contributed by atoms with van der Waals surface area (Å²) in [5.41, 5.74) is -12.8. The summed E-state index contributed by atoms with van der Waals surface area (Å²) in [5, 5.41) is 0. The minimum absolute atomic E-state index is 0.469. The predicted molar refractivity (Wildman–Crippen MR) is 197 cm³/mol. The molecule has 6 aromatic carbocycles. The molecule has 0 N–H and O–H groups in total. The minimum Gasteiger partial charge on any atom is -0.207 e. The molecule has 65 heavy (non-hydrogen) atoms. The molecule has 1 atom stereocenters. The van der Waals surface area contributed by atoms with Gasteiger partial charge >= 0.3 is 0 Å². The van der Waals surface area contributed by atoms with Gasteiger partial charge in [0.05, 0.1) is 0 Å². The minimum atomic E-state index is -7.22. The summed E-state index contributed by atoms with van der Waals surface area (Å²) < 4.78 is 305. The Morgan fingerprint density at radius 2 is 0.615 bits per heavy atom. The first-order chi connectivity index (χ1) is 30.0. The Kier molecular flexibility index (Phi) is 14.4. The molecule has 6 aromatic rings. The summed E-state index contributed by atoms with van der Waals surface area (Å²) >= 11 is 17.4. The van der Waals surface area contributed by atoms with E-state index in [-0.39, 0.29) is 0 Å². The lowest BCUT2D eigenvalue weighted by Gasteiger charge is -2.44. The van der Waals surface area contributed by atoms with Gasteiger partial charge in [-0.15, -0.1) is 21.9 Å². The molecule has 1 unspecified atom stereocenters. The summed E-state index contributed by atoms with van der Waals surface area (Å²) in [6.45, 7) is 0. The number of hydrogen-bond donors (Lipinski definition) is 0. The van der Waals surface area contributed by atoms with E-state index in [0.29, 0.717) is 11.3 Å². The highest BCUT2D eigenvalue weighted by Crippen LogP contribution is 2.38. The van der Waals surface area contributed by atoms with Crippen LogP contribution in [0.25, 0.3) is 0 Å². The van der Waals surface area contributed by atoms with Crippen molar-refractivity contribution in [1.29, 1.82) is 0 Å². The van der Waals surface area contributed by atoms with E-state index in [1.807, 2.05) is 42.5 Å². The Morgan fingerprint density at radius 1 is 0.385 bits per heavy atom. The molecular weight excluding hydrogens is 1010 g/mol. The van der Waals surface area contributed by atoms with Gasteiger partial charge in [-0.2, -0.15) is 0 Å². The first kappa shape index (κ1) is 51.0. The molecule has 0 spiro atoms. The third-order valence-electron chi connectivity index (χ3n) is 9.67. The predicted octanol–water partition coefficient (Wildman–Crippen LogP) is 11.0. The quantitative estimate of drug-likeness (QED) is 0.0389. The second-order valence-electron chi connectivity index (χ2n) is 13.5. The van der Waals surface area contributed by atoms with Crippen molar-refractivity contribution in [3.8, 4) is 0 Å². The van der Waals surface area contributed by atoms with Crippen LogP contribution in [0.15, 0.2) is 59.5 Å². The van der Waals surface area contributed by atoms with Crippen molar-refractivity contribution in [2.45, 2.75) is 14.4 Å². The summed E-state index contributed by atoms with van der Waals surface area (Å²) in [4.78, 5) is 0.852. The monoisotopic (exact) mass is 1030 g/mol. The van der Waals surface area contributed by atoms with Gasteiger partial charge in [0, 0.05) is 11.1 Å². The van der Waals surface area contributed by atoms with E-state index in [4.69, 9.17) is 34.8 Å². The number of halogens is 23. The van der Waals surface area contributed by atoms with Crippen LogP contribution >= 0.6 is 34.8 Å².